The van der Waals surface area contributed by atoms with E-state index in [-0.39, 0.29) is 16.5 Å². The first-order valence-corrected chi connectivity index (χ1v) is 13.2. The highest BCUT2D eigenvalue weighted by atomic mass is 35.5. The fraction of sp³-hybridized carbons (Fsp3) is 0.115. The van der Waals surface area contributed by atoms with Crippen molar-refractivity contribution < 1.29 is 19.4 Å². The maximum absolute atomic E-state index is 13.3. The Balaban J connectivity index is 1.52. The lowest BCUT2D eigenvalue weighted by Crippen LogP contribution is -2.29. The van der Waals surface area contributed by atoms with Crippen LogP contribution in [0.4, 0.5) is 5.13 Å². The van der Waals surface area contributed by atoms with Gasteiger partial charge in [-0.05, 0) is 47.5 Å². The summed E-state index contributed by atoms with van der Waals surface area (Å²) >= 11 is 8.62. The zero-order chi connectivity index (χ0) is 25.9. The number of hydrogen-bond donors (Lipinski definition) is 1. The Labute approximate surface area is 225 Å². The number of anilines is 1. The van der Waals surface area contributed by atoms with Crippen LogP contribution in [0.25, 0.3) is 5.76 Å². The highest BCUT2D eigenvalue weighted by Gasteiger charge is 2.48. The summed E-state index contributed by atoms with van der Waals surface area (Å²) in [4.78, 5) is 31.8. The number of benzene rings is 2. The molecule has 1 unspecified atom stereocenters. The molecule has 1 saturated heterocycles. The molecule has 0 bridgehead atoms. The van der Waals surface area contributed by atoms with Crippen molar-refractivity contribution in [3.63, 3.8) is 0 Å². The summed E-state index contributed by atoms with van der Waals surface area (Å²) in [6, 6.07) is 16.7. The molecule has 1 amide bonds. The molecule has 3 heterocycles. The molecule has 1 N–H and O–H groups in total. The maximum atomic E-state index is 13.3. The average molecular weight is 551 g/mol. The number of ether oxygens (including phenoxy) is 1. The van der Waals surface area contributed by atoms with Crippen LogP contribution in [0.5, 0.6) is 5.75 Å². The van der Waals surface area contributed by atoms with Gasteiger partial charge >= 0.3 is 5.91 Å². The fourth-order valence-electron chi connectivity index (χ4n) is 3.88. The van der Waals surface area contributed by atoms with Crippen LogP contribution in [0.1, 0.15) is 22.7 Å². The van der Waals surface area contributed by atoms with Crippen molar-refractivity contribution in [1.29, 1.82) is 0 Å². The van der Waals surface area contributed by atoms with Gasteiger partial charge in [-0.2, -0.15) is 0 Å². The van der Waals surface area contributed by atoms with Gasteiger partial charge in [0.1, 0.15) is 11.5 Å². The smallest absolute Gasteiger partial charge is 0.301 e. The van der Waals surface area contributed by atoms with Crippen LogP contribution in [-0.4, -0.2) is 39.1 Å². The van der Waals surface area contributed by atoms with Crippen molar-refractivity contribution in [2.75, 3.05) is 12.0 Å². The van der Waals surface area contributed by atoms with Gasteiger partial charge in [-0.15, -0.1) is 10.2 Å². The lowest BCUT2D eigenvalue weighted by molar-refractivity contribution is -0.132. The number of rotatable bonds is 7. The van der Waals surface area contributed by atoms with Crippen molar-refractivity contribution in [3.05, 3.63) is 100 Å². The van der Waals surface area contributed by atoms with Crippen molar-refractivity contribution in [2.24, 2.45) is 0 Å². The molecule has 1 aliphatic rings. The van der Waals surface area contributed by atoms with Gasteiger partial charge in [0.15, 0.2) is 4.34 Å². The summed E-state index contributed by atoms with van der Waals surface area (Å²) in [5, 5.41) is 20.5. The minimum absolute atomic E-state index is 0.0352. The molecule has 2 aromatic carbocycles. The highest BCUT2D eigenvalue weighted by Crippen LogP contribution is 2.44. The van der Waals surface area contributed by atoms with E-state index >= 15 is 0 Å². The Hall–Kier alpha value is -3.73. The number of pyridine rings is 1. The van der Waals surface area contributed by atoms with Gasteiger partial charge in [-0.3, -0.25) is 19.5 Å². The number of Topliss-reactive ketones (excluding diaryl/α,β-unsaturated/α-hetero) is 1. The second kappa shape index (κ2) is 10.7. The number of thioether (sulfide) groups is 1. The van der Waals surface area contributed by atoms with Crippen molar-refractivity contribution in [2.45, 2.75) is 16.1 Å². The number of carbonyl (C=O) groups excluding carboxylic acids is 2. The van der Waals surface area contributed by atoms with E-state index in [0.717, 1.165) is 5.56 Å². The molecule has 0 radical (unpaired) electrons. The molecule has 4 aromatic rings. The van der Waals surface area contributed by atoms with Gasteiger partial charge in [0.25, 0.3) is 5.78 Å². The molecular weight excluding hydrogens is 532 g/mol. The number of aromatic nitrogens is 3. The minimum Gasteiger partial charge on any atom is -0.507 e. The van der Waals surface area contributed by atoms with E-state index in [0.29, 0.717) is 32.0 Å². The Bertz CT molecular complexity index is 1470. The molecule has 1 aliphatic heterocycles. The predicted octanol–water partition coefficient (Wildman–Crippen LogP) is 5.51. The third kappa shape index (κ3) is 5.08. The van der Waals surface area contributed by atoms with Crippen LogP contribution in [-0.2, 0) is 15.3 Å². The molecular formula is C26H19ClN4O4S2. The first kappa shape index (κ1) is 24.9. The fourth-order valence-corrected chi connectivity index (χ4v) is 5.83. The van der Waals surface area contributed by atoms with Crippen LogP contribution < -0.4 is 9.64 Å². The second-order valence-electron chi connectivity index (χ2n) is 7.94. The first-order valence-electron chi connectivity index (χ1n) is 11.0. The van der Waals surface area contributed by atoms with Gasteiger partial charge in [-0.25, -0.2) is 0 Å². The first-order chi connectivity index (χ1) is 18.0. The van der Waals surface area contributed by atoms with Crippen LogP contribution in [0, 0.1) is 0 Å². The molecule has 0 spiro atoms. The topological polar surface area (TPSA) is 106 Å². The third-order valence-corrected chi connectivity index (χ3v) is 8.09. The van der Waals surface area contributed by atoms with Crippen LogP contribution in [0.3, 0.4) is 0 Å². The summed E-state index contributed by atoms with van der Waals surface area (Å²) in [5.74, 6) is -0.630. The minimum atomic E-state index is -0.902. The Morgan fingerprint density at radius 3 is 2.43 bits per heavy atom. The molecule has 1 fully saturated rings. The summed E-state index contributed by atoms with van der Waals surface area (Å²) in [7, 11) is 1.55. The summed E-state index contributed by atoms with van der Waals surface area (Å²) in [6.07, 6.45) is 3.00. The molecule has 2 aromatic heterocycles. The number of hydrogen-bond acceptors (Lipinski definition) is 9. The van der Waals surface area contributed by atoms with Crippen LogP contribution in [0.15, 0.2) is 83.0 Å². The van der Waals surface area contributed by atoms with Crippen LogP contribution in [0.2, 0.25) is 5.02 Å². The highest BCUT2D eigenvalue weighted by molar-refractivity contribution is 8.00. The van der Waals surface area contributed by atoms with Gasteiger partial charge < -0.3 is 9.84 Å². The Morgan fingerprint density at radius 1 is 1.05 bits per heavy atom. The number of amides is 1. The Kier molecular flexibility index (Phi) is 7.22. The number of ketones is 1. The zero-order valence-corrected chi connectivity index (χ0v) is 21.8. The Morgan fingerprint density at radius 2 is 1.76 bits per heavy atom. The lowest BCUT2D eigenvalue weighted by Gasteiger charge is -2.22. The van der Waals surface area contributed by atoms with Gasteiger partial charge in [0, 0.05) is 28.7 Å². The van der Waals surface area contributed by atoms with Gasteiger partial charge in [-0.1, -0.05) is 59.0 Å². The molecule has 8 nitrogen and oxygen atoms in total. The number of halogens is 1. The molecule has 0 saturated carbocycles. The maximum Gasteiger partial charge on any atom is 0.301 e. The monoisotopic (exact) mass is 550 g/mol. The van der Waals surface area contributed by atoms with Gasteiger partial charge in [0.05, 0.1) is 18.7 Å². The summed E-state index contributed by atoms with van der Waals surface area (Å²) in [5.41, 5.74) is 2.01. The molecule has 11 heteroatoms. The number of nitrogens with zero attached hydrogens (tertiary/aromatic N) is 4. The number of aliphatic hydroxyl groups excluding tert-OH is 1. The lowest BCUT2D eigenvalue weighted by atomic mass is 9.95. The molecule has 37 heavy (non-hydrogen) atoms. The number of aliphatic hydroxyl groups is 1. The van der Waals surface area contributed by atoms with E-state index in [4.69, 9.17) is 16.3 Å². The van der Waals surface area contributed by atoms with Crippen molar-refractivity contribution >= 4 is 57.3 Å². The van der Waals surface area contributed by atoms with Crippen LogP contribution >= 0.6 is 34.7 Å². The molecule has 186 valence electrons. The standard InChI is InChI=1S/C26H19ClN4O4S2/c1-35-19-8-4-16(5-9-19)21-20(22(32)17-10-12-28-13-11-17)23(33)24(34)31(21)25-29-30-26(37-25)36-14-15-2-6-18(27)7-3-15/h2-13,21,32H,14H2,1H3/b22-20+. The number of methoxy groups -OCH3 is 1. The zero-order valence-electron chi connectivity index (χ0n) is 19.4. The quantitative estimate of drug-likeness (QED) is 0.105. The van der Waals surface area contributed by atoms with Crippen molar-refractivity contribution in [3.8, 4) is 5.75 Å². The van der Waals surface area contributed by atoms with E-state index in [2.05, 4.69) is 15.2 Å². The predicted molar refractivity (Wildman–Crippen MR) is 143 cm³/mol. The summed E-state index contributed by atoms with van der Waals surface area (Å²) in [6.45, 7) is 0. The average Bonchev–Trinajstić information content (AvgIpc) is 3.50. The van der Waals surface area contributed by atoms with E-state index < -0.39 is 17.7 Å². The van der Waals surface area contributed by atoms with E-state index in [9.17, 15) is 14.7 Å². The third-order valence-electron chi connectivity index (χ3n) is 5.71. The molecule has 1 atom stereocenters. The van der Waals surface area contributed by atoms with Gasteiger partial charge in [0.2, 0.25) is 5.13 Å². The molecule has 0 aliphatic carbocycles. The van der Waals surface area contributed by atoms with Crippen molar-refractivity contribution in [1.82, 2.24) is 15.2 Å². The van der Waals surface area contributed by atoms with E-state index in [1.54, 1.807) is 43.5 Å². The second-order valence-corrected chi connectivity index (χ2v) is 10.6. The van der Waals surface area contributed by atoms with E-state index in [1.165, 1.54) is 40.4 Å². The molecule has 5 rings (SSSR count). The largest absolute Gasteiger partial charge is 0.507 e. The normalized spacial score (nSPS) is 16.8. The van der Waals surface area contributed by atoms with E-state index in [1.807, 2.05) is 24.3 Å². The SMILES string of the molecule is COc1ccc(C2/C(=C(\O)c3ccncc3)C(=O)C(=O)N2c2nnc(SCc3ccc(Cl)cc3)s2)cc1. The summed E-state index contributed by atoms with van der Waals surface area (Å²) < 4.78 is 5.89. The number of carbonyl (C=O) groups is 2.